The Kier molecular flexibility index (Phi) is 6.11. The molecular formula is C18H25N3O3. The van der Waals surface area contributed by atoms with E-state index in [1.807, 2.05) is 19.2 Å². The van der Waals surface area contributed by atoms with Crippen LogP contribution in [0.15, 0.2) is 30.3 Å². The molecule has 0 aliphatic carbocycles. The topological polar surface area (TPSA) is 84.7 Å². The van der Waals surface area contributed by atoms with Gasteiger partial charge in [0.1, 0.15) is 0 Å². The molecule has 0 saturated carbocycles. The third kappa shape index (κ3) is 4.91. The second-order valence-electron chi connectivity index (χ2n) is 6.12. The highest BCUT2D eigenvalue weighted by Gasteiger charge is 2.36. The van der Waals surface area contributed by atoms with Crippen molar-refractivity contribution in [3.8, 4) is 0 Å². The van der Waals surface area contributed by atoms with E-state index in [9.17, 15) is 9.59 Å². The summed E-state index contributed by atoms with van der Waals surface area (Å²) in [7, 11) is 2.03. The van der Waals surface area contributed by atoms with E-state index < -0.39 is 5.54 Å². The first-order chi connectivity index (χ1) is 11.4. The molecule has 1 aliphatic rings. The number of nitrogens with zero attached hydrogens (tertiary/aromatic N) is 1. The monoisotopic (exact) mass is 331 g/mol. The van der Waals surface area contributed by atoms with E-state index >= 15 is 0 Å². The molecule has 1 saturated heterocycles. The van der Waals surface area contributed by atoms with Gasteiger partial charge in [-0.15, -0.1) is 0 Å². The molecule has 1 heterocycles. The predicted octanol–water partition coefficient (Wildman–Crippen LogP) is 1.62. The number of esters is 1. The van der Waals surface area contributed by atoms with Crippen LogP contribution in [-0.4, -0.2) is 49.1 Å². The van der Waals surface area contributed by atoms with Crippen molar-refractivity contribution in [2.75, 3.05) is 32.1 Å². The minimum atomic E-state index is -0.811. The fourth-order valence-electron chi connectivity index (χ4n) is 2.53. The first kappa shape index (κ1) is 18.2. The molecule has 24 heavy (non-hydrogen) atoms. The maximum absolute atomic E-state index is 12.4. The summed E-state index contributed by atoms with van der Waals surface area (Å²) in [5, 5.41) is 2.88. The van der Waals surface area contributed by atoms with Crippen molar-refractivity contribution in [1.82, 2.24) is 4.90 Å². The molecule has 1 amide bonds. The largest absolute Gasteiger partial charge is 0.463 e. The average molecular weight is 331 g/mol. The fraction of sp³-hybridized carbons (Fsp3) is 0.444. The third-order valence-corrected chi connectivity index (χ3v) is 4.20. The molecule has 0 radical (unpaired) electrons. The molecule has 1 aromatic carbocycles. The van der Waals surface area contributed by atoms with Gasteiger partial charge in [0, 0.05) is 24.9 Å². The predicted molar refractivity (Wildman–Crippen MR) is 94.4 cm³/mol. The Morgan fingerprint density at radius 1 is 1.29 bits per heavy atom. The molecule has 3 N–H and O–H groups in total. The van der Waals surface area contributed by atoms with Gasteiger partial charge < -0.3 is 20.7 Å². The Morgan fingerprint density at radius 2 is 1.92 bits per heavy atom. The van der Waals surface area contributed by atoms with Gasteiger partial charge in [-0.2, -0.15) is 0 Å². The van der Waals surface area contributed by atoms with Gasteiger partial charge in [0.15, 0.2) is 0 Å². The number of benzene rings is 1. The number of hydrogen-bond donors (Lipinski definition) is 2. The Labute approximate surface area is 142 Å². The molecule has 0 spiro atoms. The van der Waals surface area contributed by atoms with Crippen LogP contribution in [0.3, 0.4) is 0 Å². The highest BCUT2D eigenvalue weighted by molar-refractivity contribution is 5.98. The highest BCUT2D eigenvalue weighted by atomic mass is 16.5. The summed E-state index contributed by atoms with van der Waals surface area (Å²) in [5.41, 5.74) is 6.98. The van der Waals surface area contributed by atoms with Crippen molar-refractivity contribution in [1.29, 1.82) is 0 Å². The first-order valence-corrected chi connectivity index (χ1v) is 8.17. The number of nitrogens with two attached hydrogens (primary N) is 1. The van der Waals surface area contributed by atoms with Crippen LogP contribution < -0.4 is 11.1 Å². The summed E-state index contributed by atoms with van der Waals surface area (Å²) in [6, 6.07) is 7.23. The molecular weight excluding hydrogens is 306 g/mol. The smallest absolute Gasteiger partial charge is 0.330 e. The van der Waals surface area contributed by atoms with Crippen LogP contribution in [0.4, 0.5) is 5.69 Å². The van der Waals surface area contributed by atoms with E-state index in [4.69, 9.17) is 10.5 Å². The van der Waals surface area contributed by atoms with Gasteiger partial charge in [0.05, 0.1) is 12.1 Å². The quantitative estimate of drug-likeness (QED) is 0.633. The summed E-state index contributed by atoms with van der Waals surface area (Å²) in [5.74, 6) is -0.521. The minimum absolute atomic E-state index is 0.148. The fourth-order valence-corrected chi connectivity index (χ4v) is 2.53. The number of ether oxygens (including phenoxy) is 1. The first-order valence-electron chi connectivity index (χ1n) is 8.17. The number of piperidine rings is 1. The number of nitrogens with one attached hydrogen (secondary N) is 1. The lowest BCUT2D eigenvalue weighted by Crippen LogP contribution is -2.57. The zero-order valence-corrected chi connectivity index (χ0v) is 14.2. The van der Waals surface area contributed by atoms with Gasteiger partial charge in [0.25, 0.3) is 0 Å². The van der Waals surface area contributed by atoms with Crippen LogP contribution >= 0.6 is 0 Å². The molecule has 0 aromatic heterocycles. The second-order valence-corrected chi connectivity index (χ2v) is 6.12. The molecule has 6 heteroatoms. The van der Waals surface area contributed by atoms with E-state index in [2.05, 4.69) is 10.2 Å². The van der Waals surface area contributed by atoms with Gasteiger partial charge in [0.2, 0.25) is 5.91 Å². The number of carbonyl (C=O) groups excluding carboxylic acids is 2. The molecule has 0 unspecified atom stereocenters. The van der Waals surface area contributed by atoms with Crippen LogP contribution in [0.1, 0.15) is 25.3 Å². The second kappa shape index (κ2) is 8.08. The van der Waals surface area contributed by atoms with Gasteiger partial charge >= 0.3 is 5.97 Å². The number of carbonyl (C=O) groups is 2. The van der Waals surface area contributed by atoms with Gasteiger partial charge in [-0.05, 0) is 50.6 Å². The Balaban J connectivity index is 1.94. The molecule has 1 fully saturated rings. The summed E-state index contributed by atoms with van der Waals surface area (Å²) in [6.45, 7) is 3.76. The molecule has 6 nitrogen and oxygen atoms in total. The van der Waals surface area contributed by atoms with Crippen molar-refractivity contribution in [3.63, 3.8) is 0 Å². The molecule has 0 bridgehead atoms. The summed E-state index contributed by atoms with van der Waals surface area (Å²) in [4.78, 5) is 25.9. The van der Waals surface area contributed by atoms with Crippen LogP contribution in [0.2, 0.25) is 0 Å². The van der Waals surface area contributed by atoms with E-state index in [-0.39, 0.29) is 11.9 Å². The zero-order chi connectivity index (χ0) is 17.6. The maximum Gasteiger partial charge on any atom is 0.330 e. The van der Waals surface area contributed by atoms with Gasteiger partial charge in [-0.3, -0.25) is 4.79 Å². The van der Waals surface area contributed by atoms with E-state index in [0.29, 0.717) is 25.1 Å². The van der Waals surface area contributed by atoms with E-state index in [1.165, 1.54) is 6.08 Å². The summed E-state index contributed by atoms with van der Waals surface area (Å²) >= 11 is 0. The lowest BCUT2D eigenvalue weighted by atomic mass is 9.88. The van der Waals surface area contributed by atoms with Crippen LogP contribution in [-0.2, 0) is 14.3 Å². The van der Waals surface area contributed by atoms with Crippen LogP contribution in [0.5, 0.6) is 0 Å². The molecule has 130 valence electrons. The highest BCUT2D eigenvalue weighted by Crippen LogP contribution is 2.21. The van der Waals surface area contributed by atoms with Crippen molar-refractivity contribution in [3.05, 3.63) is 35.9 Å². The summed E-state index contributed by atoms with van der Waals surface area (Å²) < 4.78 is 4.83. The molecule has 1 aromatic rings. The molecule has 0 atom stereocenters. The Hall–Kier alpha value is -2.18. The number of likely N-dealkylation sites (tertiary alicyclic amines) is 1. The summed E-state index contributed by atoms with van der Waals surface area (Å²) in [6.07, 6.45) is 4.35. The lowest BCUT2D eigenvalue weighted by Gasteiger charge is -2.36. The van der Waals surface area contributed by atoms with E-state index in [0.717, 1.165) is 18.7 Å². The van der Waals surface area contributed by atoms with Crippen molar-refractivity contribution < 1.29 is 14.3 Å². The minimum Gasteiger partial charge on any atom is -0.463 e. The standard InChI is InChI=1S/C18H25N3O3/c1-3-24-16(22)9-6-14-4-7-15(8-5-14)20-17(23)18(19)10-12-21(2)13-11-18/h4-9H,3,10-13,19H2,1-2H3,(H,20,23)/b9-6+. The number of hydrogen-bond acceptors (Lipinski definition) is 5. The van der Waals surface area contributed by atoms with Crippen molar-refractivity contribution in [2.24, 2.45) is 5.73 Å². The Morgan fingerprint density at radius 3 is 2.50 bits per heavy atom. The van der Waals surface area contributed by atoms with E-state index in [1.54, 1.807) is 25.1 Å². The molecule has 2 rings (SSSR count). The van der Waals surface area contributed by atoms with Crippen molar-refractivity contribution >= 4 is 23.6 Å². The average Bonchev–Trinajstić information content (AvgIpc) is 2.57. The van der Waals surface area contributed by atoms with Crippen molar-refractivity contribution in [2.45, 2.75) is 25.3 Å². The maximum atomic E-state index is 12.4. The lowest BCUT2D eigenvalue weighted by molar-refractivity contribution is -0.137. The number of rotatable bonds is 5. The van der Waals surface area contributed by atoms with Gasteiger partial charge in [-0.25, -0.2) is 4.79 Å². The van der Waals surface area contributed by atoms with Crippen LogP contribution in [0.25, 0.3) is 6.08 Å². The number of amides is 1. The normalized spacial score (nSPS) is 17.6. The zero-order valence-electron chi connectivity index (χ0n) is 14.2. The van der Waals surface area contributed by atoms with Gasteiger partial charge in [-0.1, -0.05) is 12.1 Å². The SMILES string of the molecule is CCOC(=O)/C=C/c1ccc(NC(=O)C2(N)CCN(C)CC2)cc1. The molecule has 1 aliphatic heterocycles. The number of anilines is 1. The van der Waals surface area contributed by atoms with Crippen LogP contribution in [0, 0.1) is 0 Å². The Bertz CT molecular complexity index is 602. The third-order valence-electron chi connectivity index (χ3n) is 4.20.